The molecule has 0 saturated heterocycles. The number of anilines is 1. The Balaban J connectivity index is 1.32. The van der Waals surface area contributed by atoms with E-state index in [2.05, 4.69) is 36.4 Å². The van der Waals surface area contributed by atoms with Crippen molar-refractivity contribution in [3.05, 3.63) is 74.8 Å². The number of thioether (sulfide) groups is 1. The molecule has 0 saturated carbocycles. The lowest BCUT2D eigenvalue weighted by atomic mass is 10.1. The zero-order chi connectivity index (χ0) is 21.8. The van der Waals surface area contributed by atoms with Crippen molar-refractivity contribution in [2.75, 3.05) is 11.1 Å². The highest BCUT2D eigenvalue weighted by Gasteiger charge is 2.13. The first-order chi connectivity index (χ1) is 15.0. The van der Waals surface area contributed by atoms with Crippen LogP contribution in [0.1, 0.15) is 11.4 Å². The summed E-state index contributed by atoms with van der Waals surface area (Å²) in [4.78, 5) is 16.9. The molecule has 0 aliphatic rings. The smallest absolute Gasteiger partial charge is 0.236 e. The summed E-state index contributed by atoms with van der Waals surface area (Å²) in [6.45, 7) is 0. The van der Waals surface area contributed by atoms with Gasteiger partial charge in [0.05, 0.1) is 11.4 Å². The number of carbonyl (C=O) groups excluding carboxylic acids is 1. The van der Waals surface area contributed by atoms with Crippen LogP contribution in [0, 0.1) is 0 Å². The maximum Gasteiger partial charge on any atom is 0.236 e. The molecule has 4 aromatic rings. The molecule has 0 unspecified atom stereocenters. The van der Waals surface area contributed by atoms with Gasteiger partial charge in [0.1, 0.15) is 5.82 Å². The van der Waals surface area contributed by atoms with Gasteiger partial charge in [-0.05, 0) is 29.8 Å². The molecule has 1 amide bonds. The van der Waals surface area contributed by atoms with Gasteiger partial charge in [-0.2, -0.15) is 0 Å². The highest BCUT2D eigenvalue weighted by atomic mass is 79.9. The average molecular weight is 535 g/mol. The maximum atomic E-state index is 12.4. The van der Waals surface area contributed by atoms with Crippen LogP contribution in [0.5, 0.6) is 0 Å². The summed E-state index contributed by atoms with van der Waals surface area (Å²) in [5.41, 5.74) is 2.93. The third kappa shape index (κ3) is 5.74. The van der Waals surface area contributed by atoms with Crippen LogP contribution in [0.4, 0.5) is 5.13 Å². The Morgan fingerprint density at radius 3 is 2.65 bits per heavy atom. The van der Waals surface area contributed by atoms with Crippen LogP contribution in [-0.2, 0) is 18.3 Å². The van der Waals surface area contributed by atoms with Crippen LogP contribution in [0.25, 0.3) is 11.3 Å². The van der Waals surface area contributed by atoms with E-state index in [9.17, 15) is 4.79 Å². The first-order valence-electron chi connectivity index (χ1n) is 9.25. The van der Waals surface area contributed by atoms with Crippen LogP contribution < -0.4 is 5.32 Å². The lowest BCUT2D eigenvalue weighted by molar-refractivity contribution is -0.113. The van der Waals surface area contributed by atoms with E-state index in [1.807, 2.05) is 65.5 Å². The summed E-state index contributed by atoms with van der Waals surface area (Å²) in [7, 11) is 1.90. The van der Waals surface area contributed by atoms with E-state index in [1.54, 1.807) is 0 Å². The molecule has 0 aliphatic carbocycles. The Bertz CT molecular complexity index is 1190. The number of hydrogen-bond donors (Lipinski definition) is 1. The normalized spacial score (nSPS) is 10.9. The van der Waals surface area contributed by atoms with Gasteiger partial charge in [-0.3, -0.25) is 4.79 Å². The lowest BCUT2D eigenvalue weighted by Crippen LogP contribution is -2.14. The Labute approximate surface area is 201 Å². The van der Waals surface area contributed by atoms with E-state index in [-0.39, 0.29) is 11.7 Å². The van der Waals surface area contributed by atoms with Gasteiger partial charge < -0.3 is 9.88 Å². The predicted molar refractivity (Wildman–Crippen MR) is 130 cm³/mol. The van der Waals surface area contributed by atoms with E-state index in [4.69, 9.17) is 11.6 Å². The standard InChI is InChI=1S/C21H17BrClN5OS2/c1-28-18(10-13-2-8-16(23)9-3-13)26-27-21(28)31-12-19(29)25-20-24-17(11-30-20)14-4-6-15(22)7-5-14/h2-9,11H,10,12H2,1H3,(H,24,25,29). The Hall–Kier alpha value is -2.20. The van der Waals surface area contributed by atoms with Gasteiger partial charge >= 0.3 is 0 Å². The van der Waals surface area contributed by atoms with Gasteiger partial charge in [0, 0.05) is 33.9 Å². The fraction of sp³-hybridized carbons (Fsp3) is 0.143. The molecule has 0 bridgehead atoms. The molecule has 10 heteroatoms. The molecule has 0 aliphatic heterocycles. The number of nitrogens with zero attached hydrogens (tertiary/aromatic N) is 4. The van der Waals surface area contributed by atoms with Crippen LogP contribution in [0.15, 0.2) is 63.5 Å². The number of amides is 1. The molecule has 6 nitrogen and oxygen atoms in total. The molecule has 0 atom stereocenters. The Kier molecular flexibility index (Phi) is 7.06. The number of rotatable bonds is 7. The monoisotopic (exact) mass is 533 g/mol. The molecule has 2 aromatic carbocycles. The fourth-order valence-electron chi connectivity index (χ4n) is 2.78. The van der Waals surface area contributed by atoms with Crippen molar-refractivity contribution < 1.29 is 4.79 Å². The van der Waals surface area contributed by atoms with Crippen molar-refractivity contribution in [3.63, 3.8) is 0 Å². The Morgan fingerprint density at radius 1 is 1.16 bits per heavy atom. The van der Waals surface area contributed by atoms with E-state index < -0.39 is 0 Å². The van der Waals surface area contributed by atoms with E-state index in [0.29, 0.717) is 21.7 Å². The van der Waals surface area contributed by atoms with Crippen molar-refractivity contribution in [1.82, 2.24) is 19.7 Å². The highest BCUT2D eigenvalue weighted by molar-refractivity contribution is 9.10. The summed E-state index contributed by atoms with van der Waals surface area (Å²) in [5.74, 6) is 0.911. The fourth-order valence-corrected chi connectivity index (χ4v) is 4.64. The van der Waals surface area contributed by atoms with Gasteiger partial charge in [-0.15, -0.1) is 21.5 Å². The third-order valence-electron chi connectivity index (χ3n) is 4.42. The molecular formula is C21H17BrClN5OS2. The third-order valence-corrected chi connectivity index (χ3v) is 6.98. The minimum atomic E-state index is -0.135. The zero-order valence-corrected chi connectivity index (χ0v) is 20.4. The number of hydrogen-bond acceptors (Lipinski definition) is 6. The van der Waals surface area contributed by atoms with E-state index >= 15 is 0 Å². The summed E-state index contributed by atoms with van der Waals surface area (Å²) < 4.78 is 2.92. The van der Waals surface area contributed by atoms with Crippen molar-refractivity contribution >= 4 is 61.7 Å². The molecule has 4 rings (SSSR count). The first kappa shape index (κ1) is 22.0. The van der Waals surface area contributed by atoms with Crippen molar-refractivity contribution in [2.45, 2.75) is 11.6 Å². The summed E-state index contributed by atoms with van der Waals surface area (Å²) in [6.07, 6.45) is 0.644. The highest BCUT2D eigenvalue weighted by Crippen LogP contribution is 2.26. The second-order valence-electron chi connectivity index (χ2n) is 6.64. The number of thiazole rings is 1. The molecule has 0 radical (unpaired) electrons. The van der Waals surface area contributed by atoms with Crippen LogP contribution in [0.3, 0.4) is 0 Å². The second-order valence-corrected chi connectivity index (χ2v) is 9.80. The summed E-state index contributed by atoms with van der Waals surface area (Å²) in [6, 6.07) is 15.5. The minimum Gasteiger partial charge on any atom is -0.309 e. The number of nitrogens with one attached hydrogen (secondary N) is 1. The van der Waals surface area contributed by atoms with E-state index in [1.165, 1.54) is 23.1 Å². The number of carbonyl (C=O) groups is 1. The average Bonchev–Trinajstić information content (AvgIpc) is 3.36. The van der Waals surface area contributed by atoms with Crippen LogP contribution in [-0.4, -0.2) is 31.4 Å². The zero-order valence-electron chi connectivity index (χ0n) is 16.4. The molecular weight excluding hydrogens is 518 g/mol. The van der Waals surface area contributed by atoms with Crippen LogP contribution in [0.2, 0.25) is 5.02 Å². The summed E-state index contributed by atoms with van der Waals surface area (Å²) in [5, 5.41) is 15.2. The number of halogens is 2. The van der Waals surface area contributed by atoms with Crippen molar-refractivity contribution in [2.24, 2.45) is 7.05 Å². The molecule has 158 valence electrons. The predicted octanol–water partition coefficient (Wildman–Crippen LogP) is 5.68. The van der Waals surface area contributed by atoms with Crippen molar-refractivity contribution in [3.8, 4) is 11.3 Å². The first-order valence-corrected chi connectivity index (χ1v) is 12.3. The molecule has 2 heterocycles. The molecule has 0 spiro atoms. The maximum absolute atomic E-state index is 12.4. The van der Waals surface area contributed by atoms with Gasteiger partial charge in [0.15, 0.2) is 10.3 Å². The van der Waals surface area contributed by atoms with Gasteiger partial charge in [-0.25, -0.2) is 4.98 Å². The number of aromatic nitrogens is 4. The number of benzene rings is 2. The van der Waals surface area contributed by atoms with Crippen molar-refractivity contribution in [1.29, 1.82) is 0 Å². The quantitative estimate of drug-likeness (QED) is 0.309. The van der Waals surface area contributed by atoms with Crippen LogP contribution >= 0.6 is 50.6 Å². The van der Waals surface area contributed by atoms with Gasteiger partial charge in [0.2, 0.25) is 5.91 Å². The van der Waals surface area contributed by atoms with E-state index in [0.717, 1.165) is 27.1 Å². The van der Waals surface area contributed by atoms with Gasteiger partial charge in [-0.1, -0.05) is 63.6 Å². The topological polar surface area (TPSA) is 72.7 Å². The van der Waals surface area contributed by atoms with Gasteiger partial charge in [0.25, 0.3) is 0 Å². The minimum absolute atomic E-state index is 0.135. The summed E-state index contributed by atoms with van der Waals surface area (Å²) >= 11 is 12.1. The molecule has 0 fully saturated rings. The molecule has 1 N–H and O–H groups in total. The molecule has 31 heavy (non-hydrogen) atoms. The lowest BCUT2D eigenvalue weighted by Gasteiger charge is -2.04. The second kappa shape index (κ2) is 9.95. The SMILES string of the molecule is Cn1c(Cc2ccc(Cl)cc2)nnc1SCC(=O)Nc1nc(-c2ccc(Br)cc2)cs1. The largest absolute Gasteiger partial charge is 0.309 e. The Morgan fingerprint density at radius 2 is 1.90 bits per heavy atom. The molecule has 2 aromatic heterocycles.